The van der Waals surface area contributed by atoms with E-state index in [4.69, 9.17) is 4.74 Å². The number of ether oxygens (including phenoxy) is 1. The molecule has 1 amide bonds. The SMILES string of the molecule is CCCN1Cc2nnc(CCOC)n2[C@@H](C)C1=O. The molecule has 0 saturated heterocycles. The van der Waals surface area contributed by atoms with Crippen LogP contribution in [0.2, 0.25) is 0 Å². The summed E-state index contributed by atoms with van der Waals surface area (Å²) in [5.41, 5.74) is 0. The summed E-state index contributed by atoms with van der Waals surface area (Å²) in [4.78, 5) is 14.1. The van der Waals surface area contributed by atoms with E-state index in [0.717, 1.165) is 24.6 Å². The second-order valence-corrected chi connectivity index (χ2v) is 4.58. The van der Waals surface area contributed by atoms with E-state index in [1.54, 1.807) is 7.11 Å². The molecule has 1 aromatic heterocycles. The summed E-state index contributed by atoms with van der Waals surface area (Å²) in [5.74, 6) is 1.87. The Kier molecular flexibility index (Phi) is 3.96. The van der Waals surface area contributed by atoms with Gasteiger partial charge in [0.1, 0.15) is 11.9 Å². The highest BCUT2D eigenvalue weighted by atomic mass is 16.5. The number of aromatic nitrogens is 3. The standard InChI is InChI=1S/C12H20N4O2/c1-4-6-15-8-11-14-13-10(5-7-18-3)16(11)9(2)12(15)17/h9H,4-8H2,1-3H3/t9-/m0/s1. The zero-order chi connectivity index (χ0) is 13.1. The summed E-state index contributed by atoms with van der Waals surface area (Å²) in [6, 6.07) is -0.206. The van der Waals surface area contributed by atoms with Crippen LogP contribution in [0.4, 0.5) is 0 Å². The summed E-state index contributed by atoms with van der Waals surface area (Å²) in [6.45, 7) is 5.92. The second-order valence-electron chi connectivity index (χ2n) is 4.58. The van der Waals surface area contributed by atoms with Crippen molar-refractivity contribution in [1.82, 2.24) is 19.7 Å². The molecular formula is C12H20N4O2. The van der Waals surface area contributed by atoms with Crippen LogP contribution in [-0.4, -0.2) is 45.8 Å². The van der Waals surface area contributed by atoms with Crippen LogP contribution >= 0.6 is 0 Å². The van der Waals surface area contributed by atoms with Gasteiger partial charge in [-0.2, -0.15) is 0 Å². The fourth-order valence-corrected chi connectivity index (χ4v) is 2.36. The van der Waals surface area contributed by atoms with Gasteiger partial charge >= 0.3 is 0 Å². The van der Waals surface area contributed by atoms with Crippen molar-refractivity contribution in [2.75, 3.05) is 20.3 Å². The highest BCUT2D eigenvalue weighted by Gasteiger charge is 2.32. The molecule has 1 aliphatic rings. The number of nitrogens with zero attached hydrogens (tertiary/aromatic N) is 4. The van der Waals surface area contributed by atoms with Gasteiger partial charge in [-0.3, -0.25) is 4.79 Å². The molecule has 0 aliphatic carbocycles. The lowest BCUT2D eigenvalue weighted by Gasteiger charge is -2.31. The number of fused-ring (bicyclic) bond motifs is 1. The van der Waals surface area contributed by atoms with Gasteiger partial charge in [0, 0.05) is 20.1 Å². The van der Waals surface area contributed by atoms with Crippen molar-refractivity contribution in [3.05, 3.63) is 11.6 Å². The summed E-state index contributed by atoms with van der Waals surface area (Å²) in [5, 5.41) is 8.36. The topological polar surface area (TPSA) is 60.2 Å². The number of methoxy groups -OCH3 is 1. The summed E-state index contributed by atoms with van der Waals surface area (Å²) in [6.07, 6.45) is 1.65. The lowest BCUT2D eigenvalue weighted by Crippen LogP contribution is -2.42. The van der Waals surface area contributed by atoms with E-state index in [0.29, 0.717) is 19.6 Å². The van der Waals surface area contributed by atoms with Gasteiger partial charge in [-0.05, 0) is 13.3 Å². The quantitative estimate of drug-likeness (QED) is 0.777. The van der Waals surface area contributed by atoms with Gasteiger partial charge in [0.05, 0.1) is 13.2 Å². The van der Waals surface area contributed by atoms with Crippen molar-refractivity contribution in [2.24, 2.45) is 0 Å². The molecule has 2 rings (SSSR count). The minimum Gasteiger partial charge on any atom is -0.384 e. The van der Waals surface area contributed by atoms with Gasteiger partial charge in [-0.15, -0.1) is 10.2 Å². The monoisotopic (exact) mass is 252 g/mol. The first kappa shape index (κ1) is 13.0. The van der Waals surface area contributed by atoms with Crippen LogP contribution in [-0.2, 0) is 22.5 Å². The smallest absolute Gasteiger partial charge is 0.245 e. The molecule has 0 N–H and O–H groups in total. The molecule has 0 bridgehead atoms. The Hall–Kier alpha value is -1.43. The minimum atomic E-state index is -0.206. The fourth-order valence-electron chi connectivity index (χ4n) is 2.36. The van der Waals surface area contributed by atoms with Crippen LogP contribution in [0.25, 0.3) is 0 Å². The van der Waals surface area contributed by atoms with Gasteiger partial charge in [0.15, 0.2) is 5.82 Å². The summed E-state index contributed by atoms with van der Waals surface area (Å²) < 4.78 is 7.00. The summed E-state index contributed by atoms with van der Waals surface area (Å²) in [7, 11) is 1.66. The fraction of sp³-hybridized carbons (Fsp3) is 0.750. The van der Waals surface area contributed by atoms with E-state index in [2.05, 4.69) is 17.1 Å². The van der Waals surface area contributed by atoms with Crippen molar-refractivity contribution >= 4 is 5.91 Å². The van der Waals surface area contributed by atoms with Crippen molar-refractivity contribution < 1.29 is 9.53 Å². The normalized spacial score (nSPS) is 19.2. The summed E-state index contributed by atoms with van der Waals surface area (Å²) >= 11 is 0. The third kappa shape index (κ3) is 2.25. The van der Waals surface area contributed by atoms with Crippen LogP contribution in [0.3, 0.4) is 0 Å². The molecule has 0 spiro atoms. The van der Waals surface area contributed by atoms with E-state index in [1.165, 1.54) is 0 Å². The van der Waals surface area contributed by atoms with Crippen LogP contribution in [0.5, 0.6) is 0 Å². The molecule has 0 aromatic carbocycles. The first-order chi connectivity index (χ1) is 8.69. The third-order valence-corrected chi connectivity index (χ3v) is 3.25. The molecule has 0 fully saturated rings. The Morgan fingerprint density at radius 2 is 2.22 bits per heavy atom. The molecule has 1 atom stereocenters. The number of rotatable bonds is 5. The molecule has 6 nitrogen and oxygen atoms in total. The molecule has 2 heterocycles. The molecular weight excluding hydrogens is 232 g/mol. The largest absolute Gasteiger partial charge is 0.384 e. The van der Waals surface area contributed by atoms with Gasteiger partial charge < -0.3 is 14.2 Å². The van der Waals surface area contributed by atoms with E-state index >= 15 is 0 Å². The maximum atomic E-state index is 12.2. The average molecular weight is 252 g/mol. The maximum absolute atomic E-state index is 12.2. The molecule has 6 heteroatoms. The molecule has 1 aliphatic heterocycles. The first-order valence-corrected chi connectivity index (χ1v) is 6.39. The molecule has 0 radical (unpaired) electrons. The number of hydrogen-bond acceptors (Lipinski definition) is 4. The Morgan fingerprint density at radius 3 is 2.89 bits per heavy atom. The van der Waals surface area contributed by atoms with Gasteiger partial charge in [0.2, 0.25) is 5.91 Å². The Bertz CT molecular complexity index is 430. The van der Waals surface area contributed by atoms with Crippen molar-refractivity contribution in [2.45, 2.75) is 39.3 Å². The number of carbonyl (C=O) groups excluding carboxylic acids is 1. The second kappa shape index (κ2) is 5.48. The lowest BCUT2D eigenvalue weighted by molar-refractivity contribution is -0.137. The van der Waals surface area contributed by atoms with Crippen molar-refractivity contribution in [1.29, 1.82) is 0 Å². The number of carbonyl (C=O) groups is 1. The van der Waals surface area contributed by atoms with Crippen molar-refractivity contribution in [3.8, 4) is 0 Å². The van der Waals surface area contributed by atoms with Gasteiger partial charge in [0.25, 0.3) is 0 Å². The highest BCUT2D eigenvalue weighted by molar-refractivity contribution is 5.81. The predicted octanol–water partition coefficient (Wildman–Crippen LogP) is 0.780. The first-order valence-electron chi connectivity index (χ1n) is 6.39. The van der Waals surface area contributed by atoms with Crippen LogP contribution < -0.4 is 0 Å². The average Bonchev–Trinajstić information content (AvgIpc) is 2.76. The van der Waals surface area contributed by atoms with Crippen LogP contribution in [0.1, 0.15) is 38.0 Å². The van der Waals surface area contributed by atoms with E-state index in [1.807, 2.05) is 16.4 Å². The van der Waals surface area contributed by atoms with E-state index in [-0.39, 0.29) is 11.9 Å². The lowest BCUT2D eigenvalue weighted by atomic mass is 10.2. The number of amides is 1. The van der Waals surface area contributed by atoms with Crippen LogP contribution in [0.15, 0.2) is 0 Å². The van der Waals surface area contributed by atoms with E-state index < -0.39 is 0 Å². The minimum absolute atomic E-state index is 0.155. The van der Waals surface area contributed by atoms with E-state index in [9.17, 15) is 4.79 Å². The van der Waals surface area contributed by atoms with Crippen molar-refractivity contribution in [3.63, 3.8) is 0 Å². The zero-order valence-corrected chi connectivity index (χ0v) is 11.2. The zero-order valence-electron chi connectivity index (χ0n) is 11.2. The molecule has 0 saturated carbocycles. The Balaban J connectivity index is 2.23. The molecule has 0 unspecified atom stereocenters. The maximum Gasteiger partial charge on any atom is 0.245 e. The molecule has 1 aromatic rings. The Labute approximate surface area is 107 Å². The predicted molar refractivity (Wildman–Crippen MR) is 66.0 cm³/mol. The van der Waals surface area contributed by atoms with Crippen LogP contribution in [0, 0.1) is 0 Å². The molecule has 18 heavy (non-hydrogen) atoms. The Morgan fingerprint density at radius 1 is 1.44 bits per heavy atom. The molecule has 100 valence electrons. The third-order valence-electron chi connectivity index (χ3n) is 3.25. The highest BCUT2D eigenvalue weighted by Crippen LogP contribution is 2.23. The number of hydrogen-bond donors (Lipinski definition) is 0. The van der Waals surface area contributed by atoms with Gasteiger partial charge in [-0.25, -0.2) is 0 Å². The van der Waals surface area contributed by atoms with Gasteiger partial charge in [-0.1, -0.05) is 6.92 Å².